The molecule has 1 aromatic rings. The van der Waals surface area contributed by atoms with Crippen molar-refractivity contribution in [2.75, 3.05) is 18.0 Å². The van der Waals surface area contributed by atoms with Crippen LogP contribution in [0.2, 0.25) is 0 Å². The van der Waals surface area contributed by atoms with Crippen LogP contribution in [0.4, 0.5) is 5.95 Å². The Bertz CT molecular complexity index is 332. The molecule has 1 atom stereocenters. The maximum absolute atomic E-state index is 10.0. The fourth-order valence-corrected chi connectivity index (χ4v) is 2.22. The minimum atomic E-state index is -0.567. The zero-order valence-corrected chi connectivity index (χ0v) is 9.48. The summed E-state index contributed by atoms with van der Waals surface area (Å²) >= 11 is 0. The first-order valence-electron chi connectivity index (χ1n) is 5.61. The zero-order chi connectivity index (χ0) is 10.9. The number of hydrogen-bond donors (Lipinski definition) is 1. The van der Waals surface area contributed by atoms with Crippen LogP contribution in [0.1, 0.15) is 26.7 Å². The predicted octanol–water partition coefficient (Wildman–Crippen LogP) is 1.25. The molecule has 0 bridgehead atoms. The number of imidazole rings is 1. The van der Waals surface area contributed by atoms with E-state index in [0.29, 0.717) is 6.54 Å². The van der Waals surface area contributed by atoms with E-state index in [-0.39, 0.29) is 0 Å². The summed E-state index contributed by atoms with van der Waals surface area (Å²) in [5, 5.41) is 10.0. The average molecular weight is 209 g/mol. The molecule has 0 radical (unpaired) electrons. The van der Waals surface area contributed by atoms with Crippen LogP contribution >= 0.6 is 0 Å². The molecular formula is C11H19N3O. The van der Waals surface area contributed by atoms with Crippen LogP contribution in [-0.4, -0.2) is 33.3 Å². The van der Waals surface area contributed by atoms with E-state index in [2.05, 4.69) is 21.4 Å². The van der Waals surface area contributed by atoms with Crippen molar-refractivity contribution in [2.24, 2.45) is 0 Å². The highest BCUT2D eigenvalue weighted by molar-refractivity contribution is 5.33. The molecule has 4 heteroatoms. The fourth-order valence-electron chi connectivity index (χ4n) is 2.22. The van der Waals surface area contributed by atoms with Gasteiger partial charge in [-0.25, -0.2) is 4.98 Å². The van der Waals surface area contributed by atoms with Crippen molar-refractivity contribution in [2.45, 2.75) is 38.8 Å². The van der Waals surface area contributed by atoms with E-state index in [4.69, 9.17) is 0 Å². The van der Waals surface area contributed by atoms with Crippen LogP contribution in [0, 0.1) is 0 Å². The van der Waals surface area contributed by atoms with Gasteiger partial charge in [-0.3, -0.25) is 0 Å². The summed E-state index contributed by atoms with van der Waals surface area (Å²) in [6, 6.07) is 0. The van der Waals surface area contributed by atoms with E-state index in [1.54, 1.807) is 0 Å². The number of β-amino-alcohol motifs (C(OH)–C–C–N with tert-alkyl or cyclic N) is 1. The van der Waals surface area contributed by atoms with Gasteiger partial charge in [0.05, 0.1) is 5.60 Å². The molecule has 2 rings (SSSR count). The monoisotopic (exact) mass is 209 g/mol. The number of rotatable bonds is 2. The summed E-state index contributed by atoms with van der Waals surface area (Å²) in [5.41, 5.74) is -0.567. The summed E-state index contributed by atoms with van der Waals surface area (Å²) in [6.45, 7) is 6.61. The molecule has 1 unspecified atom stereocenters. The molecule has 1 aliphatic heterocycles. The highest BCUT2D eigenvalue weighted by Gasteiger charge is 2.29. The van der Waals surface area contributed by atoms with E-state index >= 15 is 0 Å². The van der Waals surface area contributed by atoms with Gasteiger partial charge in [0.2, 0.25) is 5.95 Å². The van der Waals surface area contributed by atoms with E-state index in [9.17, 15) is 5.11 Å². The Morgan fingerprint density at radius 3 is 3.07 bits per heavy atom. The van der Waals surface area contributed by atoms with Gasteiger partial charge in [0.15, 0.2) is 0 Å². The highest BCUT2D eigenvalue weighted by atomic mass is 16.3. The number of hydrogen-bond acceptors (Lipinski definition) is 3. The van der Waals surface area contributed by atoms with Gasteiger partial charge in [0.1, 0.15) is 0 Å². The minimum Gasteiger partial charge on any atom is -0.388 e. The first kappa shape index (κ1) is 10.5. The predicted molar refractivity (Wildman–Crippen MR) is 60.0 cm³/mol. The van der Waals surface area contributed by atoms with Crippen LogP contribution in [0.15, 0.2) is 12.4 Å². The third-order valence-corrected chi connectivity index (χ3v) is 2.99. The minimum absolute atomic E-state index is 0.567. The van der Waals surface area contributed by atoms with Crippen molar-refractivity contribution in [3.8, 4) is 0 Å². The SMILES string of the molecule is CCn1ccnc1N1CCCC(C)(O)C1. The van der Waals surface area contributed by atoms with E-state index in [0.717, 1.165) is 31.9 Å². The van der Waals surface area contributed by atoms with Crippen LogP contribution in [0.5, 0.6) is 0 Å². The number of nitrogens with zero attached hydrogens (tertiary/aromatic N) is 3. The Labute approximate surface area is 90.5 Å². The number of aryl methyl sites for hydroxylation is 1. The molecule has 15 heavy (non-hydrogen) atoms. The molecule has 4 nitrogen and oxygen atoms in total. The lowest BCUT2D eigenvalue weighted by Gasteiger charge is -2.37. The summed E-state index contributed by atoms with van der Waals surface area (Å²) in [6.07, 6.45) is 5.72. The number of piperidine rings is 1. The van der Waals surface area contributed by atoms with E-state index < -0.39 is 5.60 Å². The molecule has 0 amide bonds. The van der Waals surface area contributed by atoms with Gasteiger partial charge in [-0.15, -0.1) is 0 Å². The number of aliphatic hydroxyl groups is 1. The second kappa shape index (κ2) is 3.85. The molecular weight excluding hydrogens is 190 g/mol. The Morgan fingerprint density at radius 1 is 1.60 bits per heavy atom. The Kier molecular flexibility index (Phi) is 2.69. The molecule has 0 aliphatic carbocycles. The number of anilines is 1. The summed E-state index contributed by atoms with van der Waals surface area (Å²) in [4.78, 5) is 6.53. The molecule has 1 saturated heterocycles. The van der Waals surface area contributed by atoms with Crippen LogP contribution in [-0.2, 0) is 6.54 Å². The lowest BCUT2D eigenvalue weighted by molar-refractivity contribution is 0.0443. The molecule has 84 valence electrons. The van der Waals surface area contributed by atoms with Gasteiger partial charge in [-0.2, -0.15) is 0 Å². The third-order valence-electron chi connectivity index (χ3n) is 2.99. The van der Waals surface area contributed by atoms with Gasteiger partial charge in [0.25, 0.3) is 0 Å². The molecule has 1 N–H and O–H groups in total. The maximum atomic E-state index is 10.0. The van der Waals surface area contributed by atoms with Crippen molar-refractivity contribution < 1.29 is 5.11 Å². The first-order chi connectivity index (χ1) is 7.12. The summed E-state index contributed by atoms with van der Waals surface area (Å²) < 4.78 is 2.11. The molecule has 2 heterocycles. The normalized spacial score (nSPS) is 27.0. The van der Waals surface area contributed by atoms with E-state index in [1.165, 1.54) is 0 Å². The van der Waals surface area contributed by atoms with Crippen molar-refractivity contribution in [1.29, 1.82) is 0 Å². The lowest BCUT2D eigenvalue weighted by Crippen LogP contribution is -2.47. The Morgan fingerprint density at radius 2 is 2.40 bits per heavy atom. The average Bonchev–Trinajstić information content (AvgIpc) is 2.63. The van der Waals surface area contributed by atoms with Crippen LogP contribution in [0.25, 0.3) is 0 Å². The molecule has 1 aliphatic rings. The molecule has 1 fully saturated rings. The zero-order valence-electron chi connectivity index (χ0n) is 9.48. The Hall–Kier alpha value is -1.03. The molecule has 1 aromatic heterocycles. The highest BCUT2D eigenvalue weighted by Crippen LogP contribution is 2.24. The maximum Gasteiger partial charge on any atom is 0.205 e. The molecule has 0 aromatic carbocycles. The topological polar surface area (TPSA) is 41.3 Å². The van der Waals surface area contributed by atoms with E-state index in [1.807, 2.05) is 19.3 Å². The van der Waals surface area contributed by atoms with Gasteiger partial charge in [-0.05, 0) is 26.7 Å². The van der Waals surface area contributed by atoms with Crippen molar-refractivity contribution in [3.05, 3.63) is 12.4 Å². The number of aromatic nitrogens is 2. The van der Waals surface area contributed by atoms with Crippen molar-refractivity contribution in [3.63, 3.8) is 0 Å². The fraction of sp³-hybridized carbons (Fsp3) is 0.727. The quantitative estimate of drug-likeness (QED) is 0.797. The van der Waals surface area contributed by atoms with Crippen molar-refractivity contribution in [1.82, 2.24) is 9.55 Å². The third kappa shape index (κ3) is 2.15. The first-order valence-corrected chi connectivity index (χ1v) is 5.61. The lowest BCUT2D eigenvalue weighted by atomic mass is 9.95. The Balaban J connectivity index is 2.17. The summed E-state index contributed by atoms with van der Waals surface area (Å²) in [7, 11) is 0. The van der Waals surface area contributed by atoms with Crippen LogP contribution < -0.4 is 4.90 Å². The smallest absolute Gasteiger partial charge is 0.205 e. The summed E-state index contributed by atoms with van der Waals surface area (Å²) in [5.74, 6) is 0.984. The largest absolute Gasteiger partial charge is 0.388 e. The molecule has 0 spiro atoms. The van der Waals surface area contributed by atoms with Crippen LogP contribution in [0.3, 0.4) is 0 Å². The van der Waals surface area contributed by atoms with Gasteiger partial charge < -0.3 is 14.6 Å². The second-order valence-electron chi connectivity index (χ2n) is 4.54. The van der Waals surface area contributed by atoms with Gasteiger partial charge in [0, 0.05) is 32.0 Å². The second-order valence-corrected chi connectivity index (χ2v) is 4.54. The van der Waals surface area contributed by atoms with Gasteiger partial charge >= 0.3 is 0 Å². The molecule has 0 saturated carbocycles. The standard InChI is InChI=1S/C11H19N3O/c1-3-13-8-6-12-10(13)14-7-4-5-11(2,15)9-14/h6,8,15H,3-5,7,9H2,1-2H3. The van der Waals surface area contributed by atoms with Crippen molar-refractivity contribution >= 4 is 5.95 Å². The van der Waals surface area contributed by atoms with Gasteiger partial charge in [-0.1, -0.05) is 0 Å².